The van der Waals surface area contributed by atoms with Gasteiger partial charge in [-0.3, -0.25) is 9.36 Å². The van der Waals surface area contributed by atoms with E-state index in [2.05, 4.69) is 0 Å². The van der Waals surface area contributed by atoms with Crippen LogP contribution >= 0.6 is 7.60 Å². The molecule has 1 aromatic carbocycles. The van der Waals surface area contributed by atoms with E-state index in [0.717, 1.165) is 5.56 Å². The first-order valence-corrected chi connectivity index (χ1v) is 6.03. The summed E-state index contributed by atoms with van der Waals surface area (Å²) in [5, 5.41) is 0. The molecule has 82 valence electrons. The summed E-state index contributed by atoms with van der Waals surface area (Å²) in [5.41, 5.74) is 6.49. The van der Waals surface area contributed by atoms with Crippen LogP contribution in [0.2, 0.25) is 0 Å². The van der Waals surface area contributed by atoms with E-state index in [4.69, 9.17) is 15.5 Å². The first-order valence-electron chi connectivity index (χ1n) is 4.23. The van der Waals surface area contributed by atoms with Gasteiger partial charge in [0.25, 0.3) is 0 Å². The van der Waals surface area contributed by atoms with Gasteiger partial charge >= 0.3 is 7.60 Å². The molecule has 0 fully saturated rings. The number of aryl methyl sites for hydroxylation is 1. The maximum Gasteiger partial charge on any atom is 0.329 e. The van der Waals surface area contributed by atoms with Crippen LogP contribution in [0.25, 0.3) is 0 Å². The van der Waals surface area contributed by atoms with E-state index in [1.54, 1.807) is 13.0 Å². The fraction of sp³-hybridized carbons (Fsp3) is 0.222. The van der Waals surface area contributed by atoms with Gasteiger partial charge in [0, 0.05) is 5.56 Å². The van der Waals surface area contributed by atoms with Gasteiger partial charge in [0.2, 0.25) is 5.91 Å². The van der Waals surface area contributed by atoms with Crippen molar-refractivity contribution in [1.82, 2.24) is 0 Å². The second kappa shape index (κ2) is 4.14. The zero-order valence-electron chi connectivity index (χ0n) is 8.17. The highest BCUT2D eigenvalue weighted by Crippen LogP contribution is 2.39. The molecule has 0 heterocycles. The lowest BCUT2D eigenvalue weighted by molar-refractivity contribution is 0.1000. The SMILES string of the molecule is Cc1ccc(C(N)=O)cc1CP(=O)(O)O. The van der Waals surface area contributed by atoms with Crippen LogP contribution in [0.3, 0.4) is 0 Å². The van der Waals surface area contributed by atoms with Crippen LogP contribution in [-0.4, -0.2) is 15.7 Å². The molecule has 0 radical (unpaired) electrons. The van der Waals surface area contributed by atoms with E-state index >= 15 is 0 Å². The third-order valence-corrected chi connectivity index (χ3v) is 2.76. The number of carbonyl (C=O) groups is 1. The zero-order chi connectivity index (χ0) is 11.6. The number of carbonyl (C=O) groups excluding carboxylic acids is 1. The molecule has 0 aliphatic heterocycles. The van der Waals surface area contributed by atoms with Crippen LogP contribution in [0.4, 0.5) is 0 Å². The first kappa shape index (κ1) is 11.9. The maximum absolute atomic E-state index is 10.9. The van der Waals surface area contributed by atoms with Gasteiger partial charge in [-0.25, -0.2) is 0 Å². The minimum atomic E-state index is -4.12. The second-order valence-electron chi connectivity index (χ2n) is 3.33. The quantitative estimate of drug-likeness (QED) is 0.666. The molecule has 4 N–H and O–H groups in total. The number of primary amides is 1. The van der Waals surface area contributed by atoms with Gasteiger partial charge in [0.05, 0.1) is 6.16 Å². The Morgan fingerprint density at radius 3 is 2.53 bits per heavy atom. The Hall–Kier alpha value is -1.16. The predicted octanol–water partition coefficient (Wildman–Crippen LogP) is 0.772. The molecule has 0 saturated heterocycles. The van der Waals surface area contributed by atoms with E-state index < -0.39 is 13.5 Å². The van der Waals surface area contributed by atoms with Gasteiger partial charge < -0.3 is 15.5 Å². The monoisotopic (exact) mass is 229 g/mol. The molecule has 0 unspecified atom stereocenters. The molecule has 5 nitrogen and oxygen atoms in total. The van der Waals surface area contributed by atoms with Crippen molar-refractivity contribution in [2.24, 2.45) is 5.73 Å². The fourth-order valence-electron chi connectivity index (χ4n) is 1.22. The highest BCUT2D eigenvalue weighted by Gasteiger charge is 2.16. The first-order chi connectivity index (χ1) is 6.79. The lowest BCUT2D eigenvalue weighted by atomic mass is 10.1. The summed E-state index contributed by atoms with van der Waals surface area (Å²) in [6, 6.07) is 4.56. The van der Waals surface area contributed by atoms with Crippen LogP contribution in [0.1, 0.15) is 21.5 Å². The molecule has 0 aliphatic carbocycles. The molecule has 1 rings (SSSR count). The highest BCUT2D eigenvalue weighted by molar-refractivity contribution is 7.50. The Morgan fingerprint density at radius 1 is 1.47 bits per heavy atom. The van der Waals surface area contributed by atoms with Gasteiger partial charge in [-0.05, 0) is 30.2 Å². The van der Waals surface area contributed by atoms with Gasteiger partial charge in [-0.1, -0.05) is 6.07 Å². The van der Waals surface area contributed by atoms with Crippen molar-refractivity contribution in [2.45, 2.75) is 13.1 Å². The molecule has 15 heavy (non-hydrogen) atoms. The third-order valence-electron chi connectivity index (χ3n) is 2.01. The van der Waals surface area contributed by atoms with Gasteiger partial charge in [-0.2, -0.15) is 0 Å². The molecular weight excluding hydrogens is 217 g/mol. The molecule has 0 bridgehead atoms. The predicted molar refractivity (Wildman–Crippen MR) is 55.4 cm³/mol. The minimum absolute atomic E-state index is 0.254. The van der Waals surface area contributed by atoms with Crippen LogP contribution < -0.4 is 5.73 Å². The standard InChI is InChI=1S/C9H12NO4P/c1-6-2-3-7(9(10)11)4-8(6)5-15(12,13)14/h2-4H,5H2,1H3,(H2,10,11)(H2,12,13,14). The van der Waals surface area contributed by atoms with Crippen molar-refractivity contribution in [3.05, 3.63) is 34.9 Å². The minimum Gasteiger partial charge on any atom is -0.366 e. The van der Waals surface area contributed by atoms with Crippen molar-refractivity contribution in [3.8, 4) is 0 Å². The smallest absolute Gasteiger partial charge is 0.329 e. The van der Waals surface area contributed by atoms with Crippen LogP contribution in [0, 0.1) is 6.92 Å². The molecule has 0 aromatic heterocycles. The summed E-state index contributed by atoms with van der Waals surface area (Å²) in [5.74, 6) is -0.609. The summed E-state index contributed by atoms with van der Waals surface area (Å²) in [6.45, 7) is 1.72. The highest BCUT2D eigenvalue weighted by atomic mass is 31.2. The van der Waals surface area contributed by atoms with Gasteiger partial charge in [0.1, 0.15) is 0 Å². The number of amides is 1. The van der Waals surface area contributed by atoms with Crippen LogP contribution in [0.15, 0.2) is 18.2 Å². The summed E-state index contributed by atoms with van der Waals surface area (Å²) in [7, 11) is -4.12. The molecule has 0 aliphatic rings. The molecule has 6 heteroatoms. The average molecular weight is 229 g/mol. The van der Waals surface area contributed by atoms with E-state index in [-0.39, 0.29) is 11.7 Å². The number of hydrogen-bond donors (Lipinski definition) is 3. The third kappa shape index (κ3) is 3.47. The Kier molecular flexibility index (Phi) is 3.29. The van der Waals surface area contributed by atoms with Crippen molar-refractivity contribution >= 4 is 13.5 Å². The summed E-state index contributed by atoms with van der Waals surface area (Å²) >= 11 is 0. The lowest BCUT2D eigenvalue weighted by Crippen LogP contribution is -2.11. The summed E-state index contributed by atoms with van der Waals surface area (Å²) < 4.78 is 10.8. The number of rotatable bonds is 3. The van der Waals surface area contributed by atoms with Crippen LogP contribution in [0.5, 0.6) is 0 Å². The van der Waals surface area contributed by atoms with Crippen molar-refractivity contribution < 1.29 is 19.1 Å². The van der Waals surface area contributed by atoms with E-state index in [0.29, 0.717) is 5.56 Å². The second-order valence-corrected chi connectivity index (χ2v) is 4.97. The van der Waals surface area contributed by atoms with Gasteiger partial charge in [-0.15, -0.1) is 0 Å². The summed E-state index contributed by atoms with van der Waals surface area (Å²) in [4.78, 5) is 28.5. The van der Waals surface area contributed by atoms with E-state index in [1.165, 1.54) is 12.1 Å². The molecule has 0 atom stereocenters. The maximum atomic E-state index is 10.9. The summed E-state index contributed by atoms with van der Waals surface area (Å²) in [6.07, 6.45) is -0.375. The Labute approximate surface area is 87.1 Å². The molecule has 1 amide bonds. The van der Waals surface area contributed by atoms with E-state index in [1.807, 2.05) is 0 Å². The lowest BCUT2D eigenvalue weighted by Gasteiger charge is -2.08. The zero-order valence-corrected chi connectivity index (χ0v) is 9.07. The van der Waals surface area contributed by atoms with Crippen LogP contribution in [-0.2, 0) is 10.7 Å². The molecule has 0 spiro atoms. The van der Waals surface area contributed by atoms with Crippen molar-refractivity contribution in [1.29, 1.82) is 0 Å². The fourth-order valence-corrected chi connectivity index (χ4v) is 2.00. The molecular formula is C9H12NO4P. The Balaban J connectivity index is 3.11. The van der Waals surface area contributed by atoms with Gasteiger partial charge in [0.15, 0.2) is 0 Å². The number of benzene rings is 1. The molecule has 0 saturated carbocycles. The Morgan fingerprint density at radius 2 is 2.07 bits per heavy atom. The number of nitrogens with two attached hydrogens (primary N) is 1. The number of hydrogen-bond acceptors (Lipinski definition) is 2. The van der Waals surface area contributed by atoms with Crippen molar-refractivity contribution in [3.63, 3.8) is 0 Å². The molecule has 1 aromatic rings. The topological polar surface area (TPSA) is 101 Å². The average Bonchev–Trinajstić information content (AvgIpc) is 2.06. The van der Waals surface area contributed by atoms with E-state index in [9.17, 15) is 9.36 Å². The normalized spacial score (nSPS) is 11.4. The largest absolute Gasteiger partial charge is 0.366 e. The Bertz CT molecular complexity index is 438. The van der Waals surface area contributed by atoms with Crippen molar-refractivity contribution in [2.75, 3.05) is 0 Å².